The lowest BCUT2D eigenvalue weighted by Crippen LogP contribution is -2.20. The molecule has 0 aromatic carbocycles. The van der Waals surface area contributed by atoms with Gasteiger partial charge in [-0.1, -0.05) is 0 Å². The van der Waals surface area contributed by atoms with E-state index in [-0.39, 0.29) is 31.3 Å². The second-order valence-electron chi connectivity index (χ2n) is 5.14. The molecule has 0 saturated carbocycles. The molecule has 1 aliphatic rings. The first-order valence-electron chi connectivity index (χ1n) is 6.67. The predicted molar refractivity (Wildman–Crippen MR) is 71.1 cm³/mol. The van der Waals surface area contributed by atoms with Gasteiger partial charge < -0.3 is 19.8 Å². The van der Waals surface area contributed by atoms with Gasteiger partial charge in [0.25, 0.3) is 0 Å². The van der Waals surface area contributed by atoms with Crippen molar-refractivity contribution in [3.8, 4) is 0 Å². The van der Waals surface area contributed by atoms with Crippen LogP contribution < -0.4 is 0 Å². The summed E-state index contributed by atoms with van der Waals surface area (Å²) in [5.41, 5.74) is 0. The van der Waals surface area contributed by atoms with Crippen molar-refractivity contribution in [2.24, 2.45) is 5.92 Å². The molecule has 1 aliphatic heterocycles. The van der Waals surface area contributed by atoms with Crippen LogP contribution in [0.25, 0.3) is 0 Å². The topological polar surface area (TPSA) is 121 Å². The molecular formula is C12H21O7P. The highest BCUT2D eigenvalue weighted by Gasteiger charge is 2.30. The molecule has 1 saturated heterocycles. The fourth-order valence-corrected chi connectivity index (χ4v) is 4.15. The van der Waals surface area contributed by atoms with Crippen molar-refractivity contribution < 1.29 is 34.0 Å². The molecule has 0 radical (unpaired) electrons. The van der Waals surface area contributed by atoms with Crippen LogP contribution in [-0.4, -0.2) is 52.1 Å². The molecule has 0 aromatic rings. The minimum atomic E-state index is -3.57. The largest absolute Gasteiger partial charge is 0.481 e. The maximum atomic E-state index is 12.0. The van der Waals surface area contributed by atoms with Gasteiger partial charge in [-0.3, -0.25) is 14.2 Å². The average molecular weight is 308 g/mol. The Kier molecular flexibility index (Phi) is 6.65. The Morgan fingerprint density at radius 3 is 2.55 bits per heavy atom. The third-order valence-corrected chi connectivity index (χ3v) is 5.35. The molecular weight excluding hydrogens is 287 g/mol. The number of aliphatic carboxylic acids is 2. The van der Waals surface area contributed by atoms with Crippen LogP contribution in [0.5, 0.6) is 0 Å². The average Bonchev–Trinajstić information content (AvgIpc) is 2.84. The van der Waals surface area contributed by atoms with Crippen LogP contribution in [0.2, 0.25) is 0 Å². The van der Waals surface area contributed by atoms with Gasteiger partial charge in [-0.15, -0.1) is 0 Å². The zero-order chi connectivity index (χ0) is 15.2. The highest BCUT2D eigenvalue weighted by atomic mass is 31.2. The Labute approximate surface area is 117 Å². The van der Waals surface area contributed by atoms with E-state index in [2.05, 4.69) is 0 Å². The third kappa shape index (κ3) is 6.50. The van der Waals surface area contributed by atoms with Crippen LogP contribution >= 0.6 is 7.37 Å². The van der Waals surface area contributed by atoms with Crippen molar-refractivity contribution in [3.05, 3.63) is 0 Å². The molecule has 1 rings (SSSR count). The Balaban J connectivity index is 2.44. The summed E-state index contributed by atoms with van der Waals surface area (Å²) in [5.74, 6) is -3.42. The SMILES string of the molecule is O=C(O)CCC(CP(=O)(O)CCC1CCCO1)C(=O)O. The van der Waals surface area contributed by atoms with E-state index in [0.717, 1.165) is 12.8 Å². The van der Waals surface area contributed by atoms with Gasteiger partial charge in [0.15, 0.2) is 0 Å². The van der Waals surface area contributed by atoms with E-state index in [0.29, 0.717) is 13.0 Å². The van der Waals surface area contributed by atoms with Gasteiger partial charge in [0, 0.05) is 25.4 Å². The van der Waals surface area contributed by atoms with Crippen LogP contribution in [0, 0.1) is 5.92 Å². The maximum Gasteiger partial charge on any atom is 0.307 e. The van der Waals surface area contributed by atoms with Crippen LogP contribution in [0.15, 0.2) is 0 Å². The fourth-order valence-electron chi connectivity index (χ4n) is 2.24. The molecule has 1 fully saturated rings. The summed E-state index contributed by atoms with van der Waals surface area (Å²) in [7, 11) is -3.57. The smallest absolute Gasteiger partial charge is 0.307 e. The van der Waals surface area contributed by atoms with E-state index >= 15 is 0 Å². The maximum absolute atomic E-state index is 12.0. The molecule has 1 heterocycles. The minimum absolute atomic E-state index is 0.0160. The first-order chi connectivity index (χ1) is 9.30. The molecule has 0 aliphatic carbocycles. The summed E-state index contributed by atoms with van der Waals surface area (Å²) in [4.78, 5) is 31.3. The second kappa shape index (κ2) is 7.76. The molecule has 3 atom stereocenters. The molecule has 7 nitrogen and oxygen atoms in total. The molecule has 8 heteroatoms. The first-order valence-corrected chi connectivity index (χ1v) is 8.70. The molecule has 0 bridgehead atoms. The number of hydrogen-bond donors (Lipinski definition) is 3. The molecule has 116 valence electrons. The van der Waals surface area contributed by atoms with Crippen LogP contribution in [0.1, 0.15) is 32.1 Å². The summed E-state index contributed by atoms with van der Waals surface area (Å²) in [5, 5.41) is 17.5. The summed E-state index contributed by atoms with van der Waals surface area (Å²) >= 11 is 0. The molecule has 0 amide bonds. The van der Waals surface area contributed by atoms with Gasteiger partial charge in [0.2, 0.25) is 7.37 Å². The van der Waals surface area contributed by atoms with Gasteiger partial charge in [-0.25, -0.2) is 0 Å². The monoisotopic (exact) mass is 308 g/mol. The van der Waals surface area contributed by atoms with Crippen LogP contribution in [-0.2, 0) is 18.9 Å². The summed E-state index contributed by atoms with van der Waals surface area (Å²) < 4.78 is 17.4. The lowest BCUT2D eigenvalue weighted by Gasteiger charge is -2.18. The number of carbonyl (C=O) groups is 2. The van der Waals surface area contributed by atoms with E-state index in [4.69, 9.17) is 14.9 Å². The summed E-state index contributed by atoms with van der Waals surface area (Å²) in [6, 6.07) is 0. The van der Waals surface area contributed by atoms with E-state index in [1.54, 1.807) is 0 Å². The van der Waals surface area contributed by atoms with Gasteiger partial charge in [0.05, 0.1) is 12.0 Å². The predicted octanol–water partition coefficient (Wildman–Crippen LogP) is 1.39. The quantitative estimate of drug-likeness (QED) is 0.550. The lowest BCUT2D eigenvalue weighted by atomic mass is 10.1. The van der Waals surface area contributed by atoms with Crippen LogP contribution in [0.4, 0.5) is 0 Å². The number of rotatable bonds is 9. The van der Waals surface area contributed by atoms with E-state index in [9.17, 15) is 19.0 Å². The van der Waals surface area contributed by atoms with Crippen molar-refractivity contribution in [2.75, 3.05) is 18.9 Å². The van der Waals surface area contributed by atoms with Gasteiger partial charge in [0.1, 0.15) is 0 Å². The standard InChI is InChI=1S/C12H21O7P/c13-11(14)4-3-9(12(15)16)8-20(17,18)7-5-10-2-1-6-19-10/h9-10H,1-8H2,(H,13,14)(H,15,16)(H,17,18). The molecule has 3 N–H and O–H groups in total. The van der Waals surface area contributed by atoms with Gasteiger partial charge in [-0.05, 0) is 25.7 Å². The Morgan fingerprint density at radius 1 is 1.35 bits per heavy atom. The number of hydrogen-bond acceptors (Lipinski definition) is 4. The van der Waals surface area contributed by atoms with Crippen molar-refractivity contribution in [1.82, 2.24) is 0 Å². The van der Waals surface area contributed by atoms with E-state index in [1.807, 2.05) is 0 Å². The Bertz CT molecular complexity index is 389. The Morgan fingerprint density at radius 2 is 2.05 bits per heavy atom. The first kappa shape index (κ1) is 17.1. The van der Waals surface area contributed by atoms with E-state index < -0.39 is 25.2 Å². The normalized spacial score (nSPS) is 23.1. The summed E-state index contributed by atoms with van der Waals surface area (Å²) in [6.45, 7) is 0.663. The summed E-state index contributed by atoms with van der Waals surface area (Å²) in [6.07, 6.45) is 1.43. The van der Waals surface area contributed by atoms with E-state index in [1.165, 1.54) is 0 Å². The second-order valence-corrected chi connectivity index (χ2v) is 7.65. The minimum Gasteiger partial charge on any atom is -0.481 e. The van der Waals surface area contributed by atoms with Gasteiger partial charge >= 0.3 is 11.9 Å². The fraction of sp³-hybridized carbons (Fsp3) is 0.833. The Hall–Kier alpha value is -0.910. The highest BCUT2D eigenvalue weighted by Crippen LogP contribution is 2.44. The number of carboxylic acid groups (broad SMARTS) is 2. The molecule has 3 unspecified atom stereocenters. The molecule has 0 spiro atoms. The van der Waals surface area contributed by atoms with Crippen molar-refractivity contribution >= 4 is 19.3 Å². The van der Waals surface area contributed by atoms with Crippen molar-refractivity contribution in [1.29, 1.82) is 0 Å². The molecule has 0 aromatic heterocycles. The van der Waals surface area contributed by atoms with Crippen molar-refractivity contribution in [2.45, 2.75) is 38.2 Å². The lowest BCUT2D eigenvalue weighted by molar-refractivity contribution is -0.142. The van der Waals surface area contributed by atoms with Crippen molar-refractivity contribution in [3.63, 3.8) is 0 Å². The zero-order valence-electron chi connectivity index (χ0n) is 11.2. The van der Waals surface area contributed by atoms with Crippen LogP contribution in [0.3, 0.4) is 0 Å². The van der Waals surface area contributed by atoms with Gasteiger partial charge in [-0.2, -0.15) is 0 Å². The molecule has 20 heavy (non-hydrogen) atoms. The number of carboxylic acids is 2. The highest BCUT2D eigenvalue weighted by molar-refractivity contribution is 7.58. The number of ether oxygens (including phenoxy) is 1. The third-order valence-electron chi connectivity index (χ3n) is 3.39. The zero-order valence-corrected chi connectivity index (χ0v) is 12.1.